The van der Waals surface area contributed by atoms with Gasteiger partial charge in [0.15, 0.2) is 0 Å². The summed E-state index contributed by atoms with van der Waals surface area (Å²) in [4.78, 5) is 23.6. The lowest BCUT2D eigenvalue weighted by Gasteiger charge is -2.34. The second kappa shape index (κ2) is 33.1. The Kier molecular flexibility index (Phi) is 41.2. The van der Waals surface area contributed by atoms with Crippen LogP contribution in [-0.4, -0.2) is 48.9 Å². The lowest BCUT2D eigenvalue weighted by atomic mass is 9.68. The molecule has 8 heteroatoms. The summed E-state index contributed by atoms with van der Waals surface area (Å²) in [5.41, 5.74) is 6.42. The predicted molar refractivity (Wildman–Crippen MR) is 264 cm³/mol. The van der Waals surface area contributed by atoms with Gasteiger partial charge in [-0.15, -0.1) is 0 Å². The van der Waals surface area contributed by atoms with E-state index in [1.165, 1.54) is 22.3 Å². The first-order valence-electron chi connectivity index (χ1n) is 15.1. The Morgan fingerprint density at radius 1 is 0.474 bits per heavy atom. The predicted octanol–water partition coefficient (Wildman–Crippen LogP) is 14.9. The van der Waals surface area contributed by atoms with Crippen LogP contribution in [0.4, 0.5) is 0 Å². The van der Waals surface area contributed by atoms with Crippen LogP contribution in [0.2, 0.25) is 0 Å². The zero-order chi connectivity index (χ0) is 31.8. The van der Waals surface area contributed by atoms with E-state index in [1.807, 2.05) is 38.1 Å². The highest BCUT2D eigenvalue weighted by Gasteiger charge is 2.45. The summed E-state index contributed by atoms with van der Waals surface area (Å²) in [6, 6.07) is 33.3. The molecular weight excluding hydrogens is 749 g/mol. The average molecular weight is 835 g/mol. The van der Waals surface area contributed by atoms with Crippen LogP contribution in [0.25, 0.3) is 11.1 Å². The number of esters is 2. The van der Waals surface area contributed by atoms with Gasteiger partial charge in [0.2, 0.25) is 0 Å². The van der Waals surface area contributed by atoms with Gasteiger partial charge in [0.05, 0.1) is 18.3 Å². The van der Waals surface area contributed by atoms with Crippen LogP contribution in [-0.2, 0) is 24.5 Å². The summed E-state index contributed by atoms with van der Waals surface area (Å²) in [7, 11) is 0. The molecule has 0 saturated heterocycles. The fraction of sp³-hybridized carbons (Fsp3) is 0.469. The molecule has 5 rings (SSSR count). The van der Waals surface area contributed by atoms with Gasteiger partial charge in [0.25, 0.3) is 0 Å². The molecular formula is C49H86O6S2. The monoisotopic (exact) mass is 835 g/mol. The number of benzene rings is 4. The lowest BCUT2D eigenvalue weighted by molar-refractivity contribution is -0.145. The molecule has 2 unspecified atom stereocenters. The number of thiol groups is 2. The summed E-state index contributed by atoms with van der Waals surface area (Å²) in [6.45, 7) is 4.59. The molecule has 1 aliphatic rings. The number of hydrogen-bond acceptors (Lipinski definition) is 8. The number of hydrogen-bond donors (Lipinski definition) is 2. The van der Waals surface area contributed by atoms with Crippen molar-refractivity contribution in [3.05, 3.63) is 119 Å². The number of carbonyl (C=O) groups is 2. The van der Waals surface area contributed by atoms with Gasteiger partial charge in [-0.25, -0.2) is 0 Å². The lowest BCUT2D eigenvalue weighted by Crippen LogP contribution is -2.28. The quantitative estimate of drug-likeness (QED) is 0.0660. The molecule has 0 radical (unpaired) electrons. The Hall–Kier alpha value is -3.88. The SMILES string of the molecule is C.C.C.C.C.C.C.C.C.C.C.C.CC(S)CC(=O)OCCOc1ccc(C2(c3ccc(OCCOC(=O)CC(C)S)cc3)c3ccccc3-c3ccccc32)cc1. The van der Waals surface area contributed by atoms with E-state index in [4.69, 9.17) is 18.9 Å². The smallest absolute Gasteiger partial charge is 0.307 e. The minimum atomic E-state index is -0.567. The van der Waals surface area contributed by atoms with E-state index in [0.717, 1.165) is 11.1 Å². The first-order valence-corrected chi connectivity index (χ1v) is 16.2. The maximum absolute atomic E-state index is 11.8. The third kappa shape index (κ3) is 16.9. The zero-order valence-electron chi connectivity index (χ0n) is 25.5. The molecule has 0 aromatic heterocycles. The molecule has 6 nitrogen and oxygen atoms in total. The van der Waals surface area contributed by atoms with Crippen LogP contribution in [0.1, 0.15) is 138 Å². The van der Waals surface area contributed by atoms with Gasteiger partial charge in [0, 0.05) is 10.5 Å². The molecule has 0 bridgehead atoms. The third-order valence-corrected chi connectivity index (χ3v) is 8.05. The van der Waals surface area contributed by atoms with Crippen molar-refractivity contribution >= 4 is 37.2 Å². The Morgan fingerprint density at radius 2 is 0.772 bits per heavy atom. The van der Waals surface area contributed by atoms with E-state index < -0.39 is 5.41 Å². The van der Waals surface area contributed by atoms with Crippen LogP contribution in [0, 0.1) is 0 Å². The summed E-state index contributed by atoms with van der Waals surface area (Å²) in [5, 5.41) is -0.0898. The fourth-order valence-corrected chi connectivity index (χ4v) is 6.15. The first kappa shape index (κ1) is 70.9. The molecule has 0 fully saturated rings. The average Bonchev–Trinajstić information content (AvgIpc) is 3.33. The van der Waals surface area contributed by atoms with Crippen molar-refractivity contribution < 1.29 is 28.5 Å². The topological polar surface area (TPSA) is 71.1 Å². The molecule has 0 saturated carbocycles. The Morgan fingerprint density at radius 3 is 1.07 bits per heavy atom. The summed E-state index contributed by atoms with van der Waals surface area (Å²) in [5.74, 6) is 0.826. The largest absolute Gasteiger partial charge is 0.490 e. The van der Waals surface area contributed by atoms with Crippen molar-refractivity contribution in [3.8, 4) is 22.6 Å². The zero-order valence-corrected chi connectivity index (χ0v) is 27.3. The highest BCUT2D eigenvalue weighted by atomic mass is 32.1. The molecule has 0 spiro atoms. The maximum Gasteiger partial charge on any atom is 0.307 e. The minimum Gasteiger partial charge on any atom is -0.490 e. The molecule has 4 aromatic carbocycles. The maximum atomic E-state index is 11.8. The van der Waals surface area contributed by atoms with Crippen molar-refractivity contribution in [1.29, 1.82) is 0 Å². The molecule has 4 aromatic rings. The second-order valence-corrected chi connectivity index (χ2v) is 12.9. The van der Waals surface area contributed by atoms with Crippen molar-refractivity contribution in [2.24, 2.45) is 0 Å². The highest BCUT2D eigenvalue weighted by molar-refractivity contribution is 7.81. The van der Waals surface area contributed by atoms with Crippen molar-refractivity contribution in [3.63, 3.8) is 0 Å². The Bertz CT molecular complexity index is 1480. The minimum absolute atomic E-state index is 0. The van der Waals surface area contributed by atoms with Gasteiger partial charge in [-0.1, -0.05) is 176 Å². The molecule has 330 valence electrons. The van der Waals surface area contributed by atoms with Crippen molar-refractivity contribution in [2.45, 2.75) is 132 Å². The van der Waals surface area contributed by atoms with Crippen molar-refractivity contribution in [2.75, 3.05) is 26.4 Å². The van der Waals surface area contributed by atoms with E-state index >= 15 is 0 Å². The first-order chi connectivity index (χ1) is 21.8. The highest BCUT2D eigenvalue weighted by Crippen LogP contribution is 2.56. The van der Waals surface area contributed by atoms with E-state index in [2.05, 4.69) is 98.1 Å². The molecule has 0 N–H and O–H groups in total. The number of rotatable bonds is 14. The Balaban J connectivity index is -0.000000333. The Labute approximate surface area is 364 Å². The van der Waals surface area contributed by atoms with Gasteiger partial charge in [-0.3, -0.25) is 9.59 Å². The molecule has 1 aliphatic carbocycles. The van der Waals surface area contributed by atoms with Gasteiger partial charge < -0.3 is 18.9 Å². The van der Waals surface area contributed by atoms with E-state index in [0.29, 0.717) is 11.5 Å². The van der Waals surface area contributed by atoms with Crippen LogP contribution in [0.5, 0.6) is 11.5 Å². The number of fused-ring (bicyclic) bond motifs is 3. The number of ether oxygens (including phenoxy) is 4. The normalized spacial score (nSPS) is 11.1. The van der Waals surface area contributed by atoms with Crippen LogP contribution in [0.15, 0.2) is 97.1 Å². The molecule has 0 amide bonds. The molecule has 0 heterocycles. The van der Waals surface area contributed by atoms with Crippen LogP contribution < -0.4 is 9.47 Å². The van der Waals surface area contributed by atoms with E-state index in [-0.39, 0.29) is 151 Å². The molecule has 57 heavy (non-hydrogen) atoms. The molecule has 2 atom stereocenters. The second-order valence-electron chi connectivity index (χ2n) is 11.1. The van der Waals surface area contributed by atoms with E-state index in [9.17, 15) is 9.59 Å². The van der Waals surface area contributed by atoms with Crippen LogP contribution >= 0.6 is 25.3 Å². The van der Waals surface area contributed by atoms with Gasteiger partial charge in [-0.2, -0.15) is 25.3 Å². The summed E-state index contributed by atoms with van der Waals surface area (Å²) in [6.07, 6.45) is 0.531. The van der Waals surface area contributed by atoms with Gasteiger partial charge in [-0.05, 0) is 57.6 Å². The number of carbonyl (C=O) groups excluding carboxylic acids is 2. The van der Waals surface area contributed by atoms with Crippen molar-refractivity contribution in [1.82, 2.24) is 0 Å². The third-order valence-electron chi connectivity index (χ3n) is 7.68. The van der Waals surface area contributed by atoms with Gasteiger partial charge in [0.1, 0.15) is 37.9 Å². The van der Waals surface area contributed by atoms with E-state index in [1.54, 1.807) is 0 Å². The molecule has 0 aliphatic heterocycles. The summed E-state index contributed by atoms with van der Waals surface area (Å²) < 4.78 is 22.3. The fourth-order valence-electron chi connectivity index (χ4n) is 5.86. The summed E-state index contributed by atoms with van der Waals surface area (Å²) >= 11 is 8.47. The standard InChI is InChI=1S/C37H38O6S2.12CH4/c1-25(44)23-35(38)42-21-19-40-29-15-11-27(12-16-29)37(33-9-5-3-7-31(33)32-8-4-6-10-34(32)37)28-13-17-30(18-14-28)41-20-22-43-36(39)24-26(2)45;;;;;;;;;;;;/h3-18,25-26,44-45H,19-24H2,1-2H3;12*1H4. The van der Waals surface area contributed by atoms with Gasteiger partial charge >= 0.3 is 11.9 Å². The van der Waals surface area contributed by atoms with Crippen LogP contribution in [0.3, 0.4) is 0 Å².